The molecule has 2 aromatic rings. The van der Waals surface area contributed by atoms with Crippen molar-refractivity contribution in [1.29, 1.82) is 0 Å². The van der Waals surface area contributed by atoms with Gasteiger partial charge in [0.25, 0.3) is 0 Å². The van der Waals surface area contributed by atoms with Gasteiger partial charge in [0.15, 0.2) is 11.5 Å². The summed E-state index contributed by atoms with van der Waals surface area (Å²) in [6, 6.07) is 7.99. The molecule has 0 N–H and O–H groups in total. The zero-order chi connectivity index (χ0) is 16.8. The van der Waals surface area contributed by atoms with Crippen LogP contribution < -0.4 is 14.4 Å². The molecule has 24 heavy (non-hydrogen) atoms. The van der Waals surface area contributed by atoms with Crippen LogP contribution in [-0.2, 0) is 9.53 Å². The monoisotopic (exact) mass is 343 g/mol. The van der Waals surface area contributed by atoms with Crippen molar-refractivity contribution in [2.75, 3.05) is 25.9 Å². The smallest absolute Gasteiger partial charge is 0.314 e. The van der Waals surface area contributed by atoms with E-state index in [9.17, 15) is 4.79 Å². The van der Waals surface area contributed by atoms with Crippen molar-refractivity contribution >= 4 is 23.0 Å². The molecule has 0 saturated carbocycles. The number of allylic oxidation sites excluding steroid dienone is 1. The molecule has 0 saturated heterocycles. The van der Waals surface area contributed by atoms with Gasteiger partial charge in [-0.15, -0.1) is 11.3 Å². The van der Waals surface area contributed by atoms with E-state index in [1.807, 2.05) is 30.1 Å². The lowest BCUT2D eigenvalue weighted by atomic mass is 9.95. The summed E-state index contributed by atoms with van der Waals surface area (Å²) < 4.78 is 15.8. The lowest BCUT2D eigenvalue weighted by molar-refractivity contribution is -0.142. The molecule has 2 aliphatic heterocycles. The van der Waals surface area contributed by atoms with Crippen LogP contribution in [0.1, 0.15) is 17.2 Å². The Hall–Kier alpha value is -2.47. The Bertz CT molecular complexity index is 842. The highest BCUT2D eigenvalue weighted by Crippen LogP contribution is 2.48. The van der Waals surface area contributed by atoms with Crippen molar-refractivity contribution in [1.82, 2.24) is 0 Å². The zero-order valence-corrected chi connectivity index (χ0v) is 14.3. The molecule has 5 nitrogen and oxygen atoms in total. The number of benzene rings is 1. The molecule has 0 radical (unpaired) electrons. The number of hydrogen-bond donors (Lipinski definition) is 0. The Morgan fingerprint density at radius 2 is 2.12 bits per heavy atom. The number of nitrogens with zero attached hydrogens (tertiary/aromatic N) is 1. The standard InChI is InChI=1S/C18H17NO4S/c1-10-6-12(18(20)21-3)17-13(19(10)2)8-16(24-17)11-4-5-14-15(7-11)23-9-22-14/h4-5,7-8,12H,1,6,9H2,2-3H3. The Morgan fingerprint density at radius 1 is 1.33 bits per heavy atom. The Labute approximate surface area is 144 Å². The predicted molar refractivity (Wildman–Crippen MR) is 92.8 cm³/mol. The maximum absolute atomic E-state index is 12.2. The molecule has 1 unspecified atom stereocenters. The summed E-state index contributed by atoms with van der Waals surface area (Å²) in [6.07, 6.45) is 0.581. The van der Waals surface area contributed by atoms with Gasteiger partial charge in [-0.25, -0.2) is 0 Å². The highest BCUT2D eigenvalue weighted by Gasteiger charge is 2.34. The maximum Gasteiger partial charge on any atom is 0.314 e. The molecule has 3 heterocycles. The first-order valence-electron chi connectivity index (χ1n) is 7.61. The third kappa shape index (κ3) is 2.26. The Morgan fingerprint density at radius 3 is 2.92 bits per heavy atom. The molecule has 2 aliphatic rings. The number of fused-ring (bicyclic) bond motifs is 2. The van der Waals surface area contributed by atoms with Gasteiger partial charge in [0, 0.05) is 28.9 Å². The van der Waals surface area contributed by atoms with Gasteiger partial charge >= 0.3 is 5.97 Å². The number of thiophene rings is 1. The van der Waals surface area contributed by atoms with E-state index in [2.05, 4.69) is 12.6 Å². The summed E-state index contributed by atoms with van der Waals surface area (Å²) >= 11 is 1.61. The van der Waals surface area contributed by atoms with E-state index >= 15 is 0 Å². The van der Waals surface area contributed by atoms with Crippen LogP contribution >= 0.6 is 11.3 Å². The molecule has 0 bridgehead atoms. The van der Waals surface area contributed by atoms with Gasteiger partial charge in [-0.2, -0.15) is 0 Å². The Balaban J connectivity index is 1.79. The number of carbonyl (C=O) groups excluding carboxylic acids is 1. The molecule has 0 spiro atoms. The number of methoxy groups -OCH3 is 1. The number of rotatable bonds is 2. The quantitative estimate of drug-likeness (QED) is 0.777. The summed E-state index contributed by atoms with van der Waals surface area (Å²) in [5, 5.41) is 0. The molecule has 0 aliphatic carbocycles. The van der Waals surface area contributed by atoms with Crippen LogP contribution in [0.3, 0.4) is 0 Å². The first-order valence-corrected chi connectivity index (χ1v) is 8.43. The predicted octanol–water partition coefficient (Wildman–Crippen LogP) is 3.75. The molecule has 1 aromatic heterocycles. The summed E-state index contributed by atoms with van der Waals surface area (Å²) in [6.45, 7) is 4.33. The maximum atomic E-state index is 12.2. The van der Waals surface area contributed by atoms with E-state index in [1.165, 1.54) is 7.11 Å². The lowest BCUT2D eigenvalue weighted by Gasteiger charge is -2.31. The van der Waals surface area contributed by atoms with Gasteiger partial charge < -0.3 is 19.1 Å². The average Bonchev–Trinajstić information content (AvgIpc) is 3.23. The summed E-state index contributed by atoms with van der Waals surface area (Å²) in [5.74, 6) is 1.00. The van der Waals surface area contributed by atoms with Gasteiger partial charge in [-0.05, 0) is 29.8 Å². The van der Waals surface area contributed by atoms with Crippen LogP contribution in [0, 0.1) is 0 Å². The first-order chi connectivity index (χ1) is 11.6. The number of esters is 1. The third-order valence-electron chi connectivity index (χ3n) is 4.47. The second kappa shape index (κ2) is 5.56. The van der Waals surface area contributed by atoms with E-state index in [-0.39, 0.29) is 18.7 Å². The molecular formula is C18H17NO4S. The van der Waals surface area contributed by atoms with Crippen molar-refractivity contribution < 1.29 is 19.0 Å². The minimum atomic E-state index is -0.290. The number of carbonyl (C=O) groups is 1. The average molecular weight is 343 g/mol. The summed E-state index contributed by atoms with van der Waals surface area (Å²) in [5.41, 5.74) is 2.97. The first kappa shape index (κ1) is 15.1. The summed E-state index contributed by atoms with van der Waals surface area (Å²) in [7, 11) is 3.40. The van der Waals surface area contributed by atoms with Crippen molar-refractivity contribution in [2.45, 2.75) is 12.3 Å². The molecule has 0 fully saturated rings. The van der Waals surface area contributed by atoms with Crippen molar-refractivity contribution in [3.63, 3.8) is 0 Å². The second-order valence-electron chi connectivity index (χ2n) is 5.83. The fourth-order valence-electron chi connectivity index (χ4n) is 3.07. The minimum absolute atomic E-state index is 0.218. The highest BCUT2D eigenvalue weighted by molar-refractivity contribution is 7.16. The lowest BCUT2D eigenvalue weighted by Crippen LogP contribution is -2.27. The number of hydrogen-bond acceptors (Lipinski definition) is 6. The molecular weight excluding hydrogens is 326 g/mol. The third-order valence-corrected chi connectivity index (χ3v) is 5.76. The minimum Gasteiger partial charge on any atom is -0.469 e. The summed E-state index contributed by atoms with van der Waals surface area (Å²) in [4.78, 5) is 16.3. The van der Waals surface area contributed by atoms with Crippen LogP contribution in [-0.4, -0.2) is 26.9 Å². The normalized spacial score (nSPS) is 18.5. The van der Waals surface area contributed by atoms with Crippen LogP contribution in [0.25, 0.3) is 10.4 Å². The highest BCUT2D eigenvalue weighted by atomic mass is 32.1. The van der Waals surface area contributed by atoms with Crippen molar-refractivity contribution in [3.8, 4) is 21.9 Å². The fourth-order valence-corrected chi connectivity index (χ4v) is 4.34. The van der Waals surface area contributed by atoms with Crippen molar-refractivity contribution in [2.24, 2.45) is 0 Å². The zero-order valence-electron chi connectivity index (χ0n) is 13.5. The molecule has 124 valence electrons. The van der Waals surface area contributed by atoms with E-state index < -0.39 is 0 Å². The van der Waals surface area contributed by atoms with E-state index in [4.69, 9.17) is 14.2 Å². The van der Waals surface area contributed by atoms with E-state index in [0.29, 0.717) is 6.42 Å². The molecule has 1 aromatic carbocycles. The number of anilines is 1. The second-order valence-corrected chi connectivity index (χ2v) is 6.92. The number of ether oxygens (including phenoxy) is 3. The van der Waals surface area contributed by atoms with Gasteiger partial charge in [0.1, 0.15) is 0 Å². The van der Waals surface area contributed by atoms with Gasteiger partial charge in [-0.3, -0.25) is 4.79 Å². The van der Waals surface area contributed by atoms with E-state index in [0.717, 1.165) is 38.2 Å². The van der Waals surface area contributed by atoms with Crippen LogP contribution in [0.15, 0.2) is 36.5 Å². The topological polar surface area (TPSA) is 48.0 Å². The molecule has 0 amide bonds. The van der Waals surface area contributed by atoms with Gasteiger partial charge in [0.2, 0.25) is 6.79 Å². The Kier molecular flexibility index (Phi) is 3.49. The molecule has 1 atom stereocenters. The van der Waals surface area contributed by atoms with Gasteiger partial charge in [-0.1, -0.05) is 6.58 Å². The van der Waals surface area contributed by atoms with Crippen molar-refractivity contribution in [3.05, 3.63) is 41.4 Å². The van der Waals surface area contributed by atoms with E-state index in [1.54, 1.807) is 11.3 Å². The van der Waals surface area contributed by atoms with Gasteiger partial charge in [0.05, 0.1) is 18.7 Å². The SMILES string of the molecule is C=C1CC(C(=O)OC)c2sc(-c3ccc4c(c3)OCO4)cc2N1C. The molecule has 4 rings (SSSR count). The largest absolute Gasteiger partial charge is 0.469 e. The molecule has 6 heteroatoms. The van der Waals surface area contributed by atoms with Crippen LogP contribution in [0.4, 0.5) is 5.69 Å². The fraction of sp³-hybridized carbons (Fsp3) is 0.278. The van der Waals surface area contributed by atoms with Crippen LogP contribution in [0.2, 0.25) is 0 Å². The van der Waals surface area contributed by atoms with Crippen LogP contribution in [0.5, 0.6) is 11.5 Å².